The van der Waals surface area contributed by atoms with Crippen LogP contribution in [-0.2, 0) is 4.79 Å². The zero-order valence-corrected chi connectivity index (χ0v) is 7.35. The van der Waals surface area contributed by atoms with Crippen molar-refractivity contribution in [3.63, 3.8) is 0 Å². The Kier molecular flexibility index (Phi) is 3.34. The van der Waals surface area contributed by atoms with Crippen molar-refractivity contribution in [1.29, 1.82) is 0 Å². The van der Waals surface area contributed by atoms with E-state index < -0.39 is 29.8 Å². The van der Waals surface area contributed by atoms with Crippen LogP contribution < -0.4 is 0 Å². The smallest absolute Gasteiger partial charge is 0.315 e. The Labute approximate surface area is 83.3 Å². The summed E-state index contributed by atoms with van der Waals surface area (Å²) in [4.78, 5) is 10.1. The van der Waals surface area contributed by atoms with Gasteiger partial charge < -0.3 is 5.11 Å². The van der Waals surface area contributed by atoms with Crippen LogP contribution in [0.2, 0.25) is 0 Å². The van der Waals surface area contributed by atoms with Crippen LogP contribution in [0.15, 0.2) is 12.1 Å². The van der Waals surface area contributed by atoms with E-state index in [0.717, 1.165) is 0 Å². The molecule has 0 amide bonds. The molecule has 78 valence electrons. The van der Waals surface area contributed by atoms with Crippen molar-refractivity contribution in [2.75, 3.05) is 0 Å². The van der Waals surface area contributed by atoms with Crippen LogP contribution in [0, 0.1) is 29.3 Å². The summed E-state index contributed by atoms with van der Waals surface area (Å²) in [5.74, 6) is -0.522. The van der Waals surface area contributed by atoms with Gasteiger partial charge in [0.25, 0.3) is 0 Å². The molecule has 5 heteroatoms. The number of aliphatic carboxylic acids is 1. The van der Waals surface area contributed by atoms with Crippen molar-refractivity contribution < 1.29 is 23.1 Å². The standard InChI is InChI=1S/C10H5F3O2/c11-7-5-9(13)8(12)4-6(7)2-1-3-10(14)15/h4-5H,3H2,(H,14,15). The lowest BCUT2D eigenvalue weighted by Crippen LogP contribution is -1.93. The third-order valence-corrected chi connectivity index (χ3v) is 1.47. The van der Waals surface area contributed by atoms with Gasteiger partial charge in [-0.1, -0.05) is 11.8 Å². The quantitative estimate of drug-likeness (QED) is 0.572. The van der Waals surface area contributed by atoms with E-state index in [4.69, 9.17) is 5.11 Å². The lowest BCUT2D eigenvalue weighted by atomic mass is 10.2. The van der Waals surface area contributed by atoms with Gasteiger partial charge in [0, 0.05) is 6.07 Å². The molecule has 0 aromatic heterocycles. The zero-order valence-electron chi connectivity index (χ0n) is 7.35. The summed E-state index contributed by atoms with van der Waals surface area (Å²) >= 11 is 0. The molecule has 0 aliphatic heterocycles. The van der Waals surface area contributed by atoms with Gasteiger partial charge in [-0.3, -0.25) is 4.79 Å². The maximum atomic E-state index is 12.9. The summed E-state index contributed by atoms with van der Waals surface area (Å²) in [6.07, 6.45) is -0.488. The lowest BCUT2D eigenvalue weighted by molar-refractivity contribution is -0.135. The summed E-state index contributed by atoms with van der Waals surface area (Å²) in [7, 11) is 0. The molecule has 1 rings (SSSR count). The number of carboxylic acid groups (broad SMARTS) is 1. The van der Waals surface area contributed by atoms with E-state index in [1.165, 1.54) is 0 Å². The molecule has 0 radical (unpaired) electrons. The van der Waals surface area contributed by atoms with Crippen LogP contribution in [0.3, 0.4) is 0 Å². The normalized spacial score (nSPS) is 9.27. The Morgan fingerprint density at radius 1 is 1.20 bits per heavy atom. The van der Waals surface area contributed by atoms with Gasteiger partial charge in [0.1, 0.15) is 12.2 Å². The molecule has 0 saturated heterocycles. The average molecular weight is 214 g/mol. The van der Waals surface area contributed by atoms with E-state index in [9.17, 15) is 18.0 Å². The van der Waals surface area contributed by atoms with Gasteiger partial charge in [-0.15, -0.1) is 0 Å². The zero-order chi connectivity index (χ0) is 11.4. The molecular weight excluding hydrogens is 209 g/mol. The molecule has 0 unspecified atom stereocenters. The predicted octanol–water partition coefficient (Wildman–Crippen LogP) is 1.93. The van der Waals surface area contributed by atoms with Crippen LogP contribution in [0.5, 0.6) is 0 Å². The second kappa shape index (κ2) is 4.51. The maximum Gasteiger partial charge on any atom is 0.315 e. The lowest BCUT2D eigenvalue weighted by Gasteiger charge is -1.95. The van der Waals surface area contributed by atoms with Gasteiger partial charge in [-0.25, -0.2) is 13.2 Å². The first-order valence-corrected chi connectivity index (χ1v) is 3.86. The summed E-state index contributed by atoms with van der Waals surface area (Å²) in [6.45, 7) is 0. The Morgan fingerprint density at radius 2 is 1.80 bits per heavy atom. The third kappa shape index (κ3) is 3.02. The average Bonchev–Trinajstić information content (AvgIpc) is 2.13. The highest BCUT2D eigenvalue weighted by Gasteiger charge is 2.07. The van der Waals surface area contributed by atoms with Crippen LogP contribution in [0.25, 0.3) is 0 Å². The summed E-state index contributed by atoms with van der Waals surface area (Å²) in [6, 6.07) is 0.944. The Bertz CT molecular complexity index is 458. The SMILES string of the molecule is O=C(O)CC#Cc1cc(F)c(F)cc1F. The van der Waals surface area contributed by atoms with Crippen molar-refractivity contribution in [3.05, 3.63) is 35.1 Å². The predicted molar refractivity (Wildman–Crippen MR) is 45.4 cm³/mol. The number of carbonyl (C=O) groups is 1. The fourth-order valence-electron chi connectivity index (χ4n) is 0.833. The van der Waals surface area contributed by atoms with Gasteiger partial charge >= 0.3 is 5.97 Å². The molecule has 0 saturated carbocycles. The maximum absolute atomic E-state index is 12.9. The largest absolute Gasteiger partial charge is 0.481 e. The van der Waals surface area contributed by atoms with Crippen LogP contribution in [0.1, 0.15) is 12.0 Å². The molecule has 15 heavy (non-hydrogen) atoms. The van der Waals surface area contributed by atoms with Crippen LogP contribution in [0.4, 0.5) is 13.2 Å². The van der Waals surface area contributed by atoms with Crippen molar-refractivity contribution >= 4 is 5.97 Å². The molecule has 0 heterocycles. The second-order valence-electron chi connectivity index (χ2n) is 2.62. The van der Waals surface area contributed by atoms with Gasteiger partial charge in [-0.05, 0) is 6.07 Å². The number of benzene rings is 1. The number of carboxylic acids is 1. The van der Waals surface area contributed by atoms with E-state index in [0.29, 0.717) is 12.1 Å². The topological polar surface area (TPSA) is 37.3 Å². The van der Waals surface area contributed by atoms with Crippen LogP contribution in [-0.4, -0.2) is 11.1 Å². The minimum Gasteiger partial charge on any atom is -0.481 e. The monoisotopic (exact) mass is 214 g/mol. The van der Waals surface area contributed by atoms with E-state index >= 15 is 0 Å². The molecule has 0 aliphatic carbocycles. The highest BCUT2D eigenvalue weighted by Crippen LogP contribution is 2.12. The first kappa shape index (κ1) is 11.1. The van der Waals surface area contributed by atoms with Crippen molar-refractivity contribution in [2.45, 2.75) is 6.42 Å². The van der Waals surface area contributed by atoms with Crippen molar-refractivity contribution in [1.82, 2.24) is 0 Å². The molecular formula is C10H5F3O2. The molecule has 0 aliphatic rings. The molecule has 0 atom stereocenters. The Morgan fingerprint density at radius 3 is 2.40 bits per heavy atom. The molecule has 1 aromatic rings. The minimum absolute atomic E-state index is 0.361. The molecule has 0 bridgehead atoms. The second-order valence-corrected chi connectivity index (χ2v) is 2.62. The molecule has 2 nitrogen and oxygen atoms in total. The molecule has 1 N–H and O–H groups in total. The van der Waals surface area contributed by atoms with Crippen molar-refractivity contribution in [3.8, 4) is 11.8 Å². The Balaban J connectivity index is 2.98. The summed E-state index contributed by atoms with van der Waals surface area (Å²) in [5.41, 5.74) is -0.366. The van der Waals surface area contributed by atoms with Gasteiger partial charge in [-0.2, -0.15) is 0 Å². The van der Waals surface area contributed by atoms with E-state index in [2.05, 4.69) is 11.8 Å². The number of hydrogen-bond acceptors (Lipinski definition) is 1. The summed E-state index contributed by atoms with van der Waals surface area (Å²) in [5, 5.41) is 8.23. The van der Waals surface area contributed by atoms with E-state index in [-0.39, 0.29) is 5.56 Å². The highest BCUT2D eigenvalue weighted by atomic mass is 19.2. The highest BCUT2D eigenvalue weighted by molar-refractivity contribution is 5.70. The number of hydrogen-bond donors (Lipinski definition) is 1. The Hall–Kier alpha value is -1.96. The minimum atomic E-state index is -1.31. The molecule has 1 aromatic carbocycles. The third-order valence-electron chi connectivity index (χ3n) is 1.47. The van der Waals surface area contributed by atoms with Gasteiger partial charge in [0.05, 0.1) is 5.56 Å². The van der Waals surface area contributed by atoms with Crippen LogP contribution >= 0.6 is 0 Å². The number of rotatable bonds is 1. The van der Waals surface area contributed by atoms with Crippen molar-refractivity contribution in [2.24, 2.45) is 0 Å². The summed E-state index contributed by atoms with van der Waals surface area (Å²) < 4.78 is 38.0. The van der Waals surface area contributed by atoms with Gasteiger partial charge in [0.2, 0.25) is 0 Å². The van der Waals surface area contributed by atoms with Gasteiger partial charge in [0.15, 0.2) is 11.6 Å². The molecule has 0 spiro atoms. The first-order chi connectivity index (χ1) is 7.00. The molecule has 0 fully saturated rings. The van der Waals surface area contributed by atoms with E-state index in [1.807, 2.05) is 0 Å². The fourth-order valence-corrected chi connectivity index (χ4v) is 0.833. The first-order valence-electron chi connectivity index (χ1n) is 3.86. The van der Waals surface area contributed by atoms with E-state index in [1.54, 1.807) is 0 Å². The number of halogens is 3. The fraction of sp³-hybridized carbons (Fsp3) is 0.100.